The summed E-state index contributed by atoms with van der Waals surface area (Å²) in [6.07, 6.45) is 7.59. The smallest absolute Gasteiger partial charge is 0.307 e. The molecule has 0 spiro atoms. The van der Waals surface area contributed by atoms with Crippen molar-refractivity contribution in [3.05, 3.63) is 46.8 Å². The lowest BCUT2D eigenvalue weighted by atomic mass is 10.2. The fourth-order valence-electron chi connectivity index (χ4n) is 2.23. The van der Waals surface area contributed by atoms with Crippen LogP contribution in [0, 0.1) is 0 Å². The molecule has 0 aliphatic heterocycles. The second-order valence-electron chi connectivity index (χ2n) is 4.79. The van der Waals surface area contributed by atoms with E-state index >= 15 is 0 Å². The molecule has 0 amide bonds. The highest BCUT2D eigenvalue weighted by Gasteiger charge is 2.27. The van der Waals surface area contributed by atoms with Crippen LogP contribution in [0.3, 0.4) is 0 Å². The van der Waals surface area contributed by atoms with Gasteiger partial charge in [-0.15, -0.1) is 0 Å². The van der Waals surface area contributed by atoms with Crippen LogP contribution in [0.5, 0.6) is 0 Å². The number of tetrazole rings is 1. The van der Waals surface area contributed by atoms with Gasteiger partial charge < -0.3 is 4.40 Å². The molecule has 7 heteroatoms. The summed E-state index contributed by atoms with van der Waals surface area (Å²) in [6, 6.07) is 4.13. The number of fused-ring (bicyclic) bond motifs is 1. The number of aromatic nitrogens is 6. The molecule has 96 valence electrons. The summed E-state index contributed by atoms with van der Waals surface area (Å²) in [5.41, 5.74) is 1.66. The second kappa shape index (κ2) is 3.78. The van der Waals surface area contributed by atoms with Gasteiger partial charge in [-0.1, -0.05) is 6.07 Å². The molecule has 4 rings (SSSR count). The Hall–Kier alpha value is -2.44. The summed E-state index contributed by atoms with van der Waals surface area (Å²) in [5, 5.41) is 7.88. The first-order chi connectivity index (χ1) is 9.33. The molecule has 0 unspecified atom stereocenters. The van der Waals surface area contributed by atoms with E-state index in [0.717, 1.165) is 24.1 Å². The van der Waals surface area contributed by atoms with E-state index in [1.54, 1.807) is 6.20 Å². The van der Waals surface area contributed by atoms with Crippen LogP contribution in [0.25, 0.3) is 5.65 Å². The third kappa shape index (κ3) is 1.66. The maximum atomic E-state index is 12.1. The summed E-state index contributed by atoms with van der Waals surface area (Å²) in [7, 11) is 0. The van der Waals surface area contributed by atoms with E-state index in [1.807, 2.05) is 28.9 Å². The normalized spacial score (nSPS) is 15.2. The molecule has 1 aliphatic rings. The summed E-state index contributed by atoms with van der Waals surface area (Å²) in [5.74, 6) is 0. The molecule has 0 atom stereocenters. The van der Waals surface area contributed by atoms with E-state index in [4.69, 9.17) is 0 Å². The minimum atomic E-state index is -0.143. The molecule has 7 nitrogen and oxygen atoms in total. The Balaban J connectivity index is 1.75. The Morgan fingerprint density at radius 3 is 3.00 bits per heavy atom. The molecule has 1 saturated carbocycles. The Morgan fingerprint density at radius 2 is 2.16 bits per heavy atom. The summed E-state index contributed by atoms with van der Waals surface area (Å²) in [4.78, 5) is 16.4. The topological polar surface area (TPSA) is 70.0 Å². The van der Waals surface area contributed by atoms with Gasteiger partial charge in [0.1, 0.15) is 5.65 Å². The zero-order chi connectivity index (χ0) is 12.8. The van der Waals surface area contributed by atoms with Crippen molar-refractivity contribution in [2.24, 2.45) is 0 Å². The molecule has 0 aromatic carbocycles. The van der Waals surface area contributed by atoms with Crippen LogP contribution in [0.2, 0.25) is 0 Å². The highest BCUT2D eigenvalue weighted by Crippen LogP contribution is 2.32. The van der Waals surface area contributed by atoms with Crippen molar-refractivity contribution < 1.29 is 0 Å². The Kier molecular flexibility index (Phi) is 2.08. The van der Waals surface area contributed by atoms with E-state index < -0.39 is 0 Å². The predicted molar refractivity (Wildman–Crippen MR) is 66.8 cm³/mol. The van der Waals surface area contributed by atoms with Crippen molar-refractivity contribution in [2.45, 2.75) is 25.4 Å². The Labute approximate surface area is 108 Å². The summed E-state index contributed by atoms with van der Waals surface area (Å²) < 4.78 is 4.79. The van der Waals surface area contributed by atoms with Gasteiger partial charge in [-0.05, 0) is 29.3 Å². The van der Waals surface area contributed by atoms with Crippen LogP contribution in [0.1, 0.15) is 24.4 Å². The lowest BCUT2D eigenvalue weighted by molar-refractivity contribution is 0.593. The molecule has 19 heavy (non-hydrogen) atoms. The molecular formula is C12H12N6O. The van der Waals surface area contributed by atoms with Crippen LogP contribution in [-0.4, -0.2) is 29.2 Å². The Morgan fingerprint density at radius 1 is 1.26 bits per heavy atom. The third-order valence-electron chi connectivity index (χ3n) is 3.37. The zero-order valence-electron chi connectivity index (χ0n) is 10.2. The quantitative estimate of drug-likeness (QED) is 0.683. The van der Waals surface area contributed by atoms with Gasteiger partial charge in [0.2, 0.25) is 0 Å². The van der Waals surface area contributed by atoms with Gasteiger partial charge in [-0.25, -0.2) is 9.78 Å². The highest BCUT2D eigenvalue weighted by molar-refractivity contribution is 5.47. The highest BCUT2D eigenvalue weighted by atomic mass is 16.2. The molecule has 1 aliphatic carbocycles. The van der Waals surface area contributed by atoms with Gasteiger partial charge >= 0.3 is 5.69 Å². The zero-order valence-corrected chi connectivity index (χ0v) is 10.2. The van der Waals surface area contributed by atoms with Crippen molar-refractivity contribution in [3.8, 4) is 0 Å². The van der Waals surface area contributed by atoms with Gasteiger partial charge in [-0.3, -0.25) is 0 Å². The summed E-state index contributed by atoms with van der Waals surface area (Å²) >= 11 is 0. The molecule has 3 aromatic rings. The van der Waals surface area contributed by atoms with Gasteiger partial charge in [-0.2, -0.15) is 9.36 Å². The third-order valence-corrected chi connectivity index (χ3v) is 3.37. The van der Waals surface area contributed by atoms with Crippen molar-refractivity contribution in [3.63, 3.8) is 0 Å². The molecular weight excluding hydrogens is 244 g/mol. The molecule has 1 fully saturated rings. The first-order valence-corrected chi connectivity index (χ1v) is 6.26. The van der Waals surface area contributed by atoms with E-state index in [-0.39, 0.29) is 11.7 Å². The number of hydrogen-bond acceptors (Lipinski definition) is 4. The number of hydrogen-bond donors (Lipinski definition) is 0. The molecule has 0 saturated heterocycles. The fourth-order valence-corrected chi connectivity index (χ4v) is 2.23. The number of nitrogens with zero attached hydrogens (tertiary/aromatic N) is 6. The minimum Gasteiger partial charge on any atom is -0.307 e. The van der Waals surface area contributed by atoms with Crippen LogP contribution >= 0.6 is 0 Å². The lowest BCUT2D eigenvalue weighted by Gasteiger charge is -2.02. The first kappa shape index (κ1) is 10.5. The predicted octanol–water partition coefficient (Wildman–Crippen LogP) is 0.471. The first-order valence-electron chi connectivity index (χ1n) is 6.26. The van der Waals surface area contributed by atoms with Crippen molar-refractivity contribution in [2.75, 3.05) is 0 Å². The molecule has 0 radical (unpaired) electrons. The maximum absolute atomic E-state index is 12.1. The van der Waals surface area contributed by atoms with Crippen molar-refractivity contribution in [1.29, 1.82) is 0 Å². The average molecular weight is 256 g/mol. The standard InChI is InChI=1S/C12H12N6O/c19-12-17(14-15-18(12)10-3-4-10)8-9-2-1-6-16-7-5-13-11(9)16/h1-2,5-7,10H,3-4,8H2. The van der Waals surface area contributed by atoms with E-state index in [2.05, 4.69) is 15.4 Å². The van der Waals surface area contributed by atoms with Gasteiger partial charge in [0.15, 0.2) is 0 Å². The summed E-state index contributed by atoms with van der Waals surface area (Å²) in [6.45, 7) is 0.396. The van der Waals surface area contributed by atoms with Gasteiger partial charge in [0, 0.05) is 24.2 Å². The average Bonchev–Trinajstić information content (AvgIpc) is 3.02. The maximum Gasteiger partial charge on any atom is 0.364 e. The largest absolute Gasteiger partial charge is 0.364 e. The Bertz CT molecular complexity index is 794. The van der Waals surface area contributed by atoms with Crippen molar-refractivity contribution in [1.82, 2.24) is 29.2 Å². The molecule has 0 N–H and O–H groups in total. The van der Waals surface area contributed by atoms with Gasteiger partial charge in [0.05, 0.1) is 12.6 Å². The van der Waals surface area contributed by atoms with E-state index in [9.17, 15) is 4.79 Å². The van der Waals surface area contributed by atoms with Crippen LogP contribution in [0.4, 0.5) is 0 Å². The van der Waals surface area contributed by atoms with Crippen molar-refractivity contribution >= 4 is 5.65 Å². The molecule has 3 aromatic heterocycles. The van der Waals surface area contributed by atoms with Crippen LogP contribution in [-0.2, 0) is 6.54 Å². The minimum absolute atomic E-state index is 0.143. The van der Waals surface area contributed by atoms with E-state index in [0.29, 0.717) is 6.54 Å². The number of rotatable bonds is 3. The SMILES string of the molecule is O=c1n(Cc2cccn3ccnc23)nnn1C1CC1. The van der Waals surface area contributed by atoms with Crippen LogP contribution < -0.4 is 5.69 Å². The van der Waals surface area contributed by atoms with Crippen LogP contribution in [0.15, 0.2) is 35.5 Å². The molecule has 0 bridgehead atoms. The molecule has 3 heterocycles. The second-order valence-corrected chi connectivity index (χ2v) is 4.79. The monoisotopic (exact) mass is 256 g/mol. The lowest BCUT2D eigenvalue weighted by Crippen LogP contribution is -2.25. The fraction of sp³-hybridized carbons (Fsp3) is 0.333. The van der Waals surface area contributed by atoms with Gasteiger partial charge in [0.25, 0.3) is 0 Å². The van der Waals surface area contributed by atoms with E-state index in [1.165, 1.54) is 9.36 Å². The number of imidazole rings is 1. The number of pyridine rings is 1.